The molecule has 20 heavy (non-hydrogen) atoms. The summed E-state index contributed by atoms with van der Waals surface area (Å²) in [5, 5.41) is 3.26. The summed E-state index contributed by atoms with van der Waals surface area (Å²) in [6, 6.07) is 9.67. The Labute approximate surface area is 116 Å². The quantitative estimate of drug-likeness (QED) is 0.824. The van der Waals surface area contributed by atoms with Crippen molar-refractivity contribution in [2.75, 3.05) is 0 Å². The zero-order chi connectivity index (χ0) is 14.7. The van der Waals surface area contributed by atoms with Crippen molar-refractivity contribution in [2.45, 2.75) is 26.4 Å². The molecule has 0 amide bonds. The van der Waals surface area contributed by atoms with Gasteiger partial charge in [0.15, 0.2) is 17.5 Å². The second kappa shape index (κ2) is 6.09. The van der Waals surface area contributed by atoms with Crippen molar-refractivity contribution in [1.82, 2.24) is 5.32 Å². The first kappa shape index (κ1) is 14.6. The lowest BCUT2D eigenvalue weighted by Gasteiger charge is -2.10. The van der Waals surface area contributed by atoms with Crippen LogP contribution in [-0.4, -0.2) is 6.04 Å². The summed E-state index contributed by atoms with van der Waals surface area (Å²) in [7, 11) is 0. The Bertz CT molecular complexity index is 585. The molecule has 0 saturated heterocycles. The molecule has 1 nitrogen and oxygen atoms in total. The van der Waals surface area contributed by atoms with Gasteiger partial charge in [-0.05, 0) is 34.9 Å². The maximum atomic E-state index is 13.3. The van der Waals surface area contributed by atoms with Crippen LogP contribution in [0.25, 0.3) is 11.1 Å². The fourth-order valence-corrected chi connectivity index (χ4v) is 1.91. The summed E-state index contributed by atoms with van der Waals surface area (Å²) >= 11 is 0. The van der Waals surface area contributed by atoms with Gasteiger partial charge in [0.25, 0.3) is 0 Å². The van der Waals surface area contributed by atoms with Crippen molar-refractivity contribution in [3.05, 3.63) is 59.4 Å². The van der Waals surface area contributed by atoms with Gasteiger partial charge in [0.2, 0.25) is 0 Å². The molecule has 0 radical (unpaired) electrons. The van der Waals surface area contributed by atoms with Crippen LogP contribution in [0, 0.1) is 17.5 Å². The summed E-state index contributed by atoms with van der Waals surface area (Å²) in [6.07, 6.45) is 0. The fraction of sp³-hybridized carbons (Fsp3) is 0.250. The highest BCUT2D eigenvalue weighted by molar-refractivity contribution is 5.64. The molecule has 2 aromatic carbocycles. The number of nitrogens with one attached hydrogen (secondary N) is 1. The minimum absolute atomic E-state index is 0.327. The van der Waals surface area contributed by atoms with Crippen molar-refractivity contribution >= 4 is 0 Å². The average molecular weight is 279 g/mol. The van der Waals surface area contributed by atoms with E-state index in [2.05, 4.69) is 5.32 Å². The van der Waals surface area contributed by atoms with Gasteiger partial charge in [0.05, 0.1) is 0 Å². The van der Waals surface area contributed by atoms with Gasteiger partial charge in [-0.2, -0.15) is 0 Å². The van der Waals surface area contributed by atoms with Crippen LogP contribution >= 0.6 is 0 Å². The second-order valence-electron chi connectivity index (χ2n) is 4.99. The van der Waals surface area contributed by atoms with E-state index in [1.807, 2.05) is 32.0 Å². The van der Waals surface area contributed by atoms with Crippen LogP contribution in [0.5, 0.6) is 0 Å². The van der Waals surface area contributed by atoms with Crippen molar-refractivity contribution in [1.29, 1.82) is 0 Å². The van der Waals surface area contributed by atoms with Crippen LogP contribution in [0.3, 0.4) is 0 Å². The average Bonchev–Trinajstić information content (AvgIpc) is 2.42. The van der Waals surface area contributed by atoms with Crippen molar-refractivity contribution in [3.63, 3.8) is 0 Å². The largest absolute Gasteiger partial charge is 0.310 e. The second-order valence-corrected chi connectivity index (χ2v) is 4.99. The first-order valence-corrected chi connectivity index (χ1v) is 6.44. The molecule has 0 atom stereocenters. The number of hydrogen-bond donors (Lipinski definition) is 1. The lowest BCUT2D eigenvalue weighted by atomic mass is 10.0. The van der Waals surface area contributed by atoms with E-state index < -0.39 is 17.5 Å². The minimum Gasteiger partial charge on any atom is -0.310 e. The van der Waals surface area contributed by atoms with E-state index in [1.54, 1.807) is 6.07 Å². The molecule has 1 N–H and O–H groups in total. The molecule has 0 aromatic heterocycles. The zero-order valence-corrected chi connectivity index (χ0v) is 11.4. The van der Waals surface area contributed by atoms with Gasteiger partial charge < -0.3 is 5.32 Å². The fourth-order valence-electron chi connectivity index (χ4n) is 1.91. The lowest BCUT2D eigenvalue weighted by molar-refractivity contribution is 0.447. The standard InChI is InChI=1S/C16H16F3N/c1-10(2)20-9-11-4-3-5-12(6-11)13-7-14(17)16(19)15(18)8-13/h3-8,10,20H,9H2,1-2H3. The predicted octanol–water partition coefficient (Wildman–Crippen LogP) is 4.27. The molecule has 0 spiro atoms. The van der Waals surface area contributed by atoms with Crippen LogP contribution in [0.2, 0.25) is 0 Å². The molecular formula is C16H16F3N. The number of hydrogen-bond acceptors (Lipinski definition) is 1. The molecule has 0 saturated carbocycles. The molecular weight excluding hydrogens is 263 g/mol. The van der Waals surface area contributed by atoms with E-state index in [1.165, 1.54) is 0 Å². The molecule has 106 valence electrons. The highest BCUT2D eigenvalue weighted by Crippen LogP contribution is 2.24. The first-order valence-electron chi connectivity index (χ1n) is 6.44. The van der Waals surface area contributed by atoms with Gasteiger partial charge >= 0.3 is 0 Å². The van der Waals surface area contributed by atoms with E-state index >= 15 is 0 Å². The molecule has 0 aliphatic rings. The molecule has 0 aliphatic heterocycles. The SMILES string of the molecule is CC(C)NCc1cccc(-c2cc(F)c(F)c(F)c2)c1. The van der Waals surface area contributed by atoms with Gasteiger partial charge in [-0.15, -0.1) is 0 Å². The Hall–Kier alpha value is -1.81. The van der Waals surface area contributed by atoms with E-state index in [0.29, 0.717) is 23.7 Å². The Morgan fingerprint density at radius 2 is 1.60 bits per heavy atom. The van der Waals surface area contributed by atoms with Crippen LogP contribution in [0.15, 0.2) is 36.4 Å². The predicted molar refractivity (Wildman–Crippen MR) is 73.7 cm³/mol. The van der Waals surface area contributed by atoms with Crippen LogP contribution < -0.4 is 5.32 Å². The third kappa shape index (κ3) is 3.39. The van der Waals surface area contributed by atoms with E-state index in [9.17, 15) is 13.2 Å². The smallest absolute Gasteiger partial charge is 0.194 e. The Balaban J connectivity index is 2.31. The number of benzene rings is 2. The van der Waals surface area contributed by atoms with Gasteiger partial charge in [-0.25, -0.2) is 13.2 Å². The maximum Gasteiger partial charge on any atom is 0.194 e. The summed E-state index contributed by atoms with van der Waals surface area (Å²) < 4.78 is 39.5. The summed E-state index contributed by atoms with van der Waals surface area (Å²) in [5.41, 5.74) is 1.99. The van der Waals surface area contributed by atoms with E-state index in [0.717, 1.165) is 17.7 Å². The van der Waals surface area contributed by atoms with Crippen molar-refractivity contribution in [2.24, 2.45) is 0 Å². The van der Waals surface area contributed by atoms with E-state index in [4.69, 9.17) is 0 Å². The summed E-state index contributed by atoms with van der Waals surface area (Å²) in [6.45, 7) is 4.74. The Kier molecular flexibility index (Phi) is 4.45. The molecule has 0 heterocycles. The van der Waals surface area contributed by atoms with Gasteiger partial charge in [0, 0.05) is 12.6 Å². The monoisotopic (exact) mass is 279 g/mol. The number of rotatable bonds is 4. The number of halogens is 3. The molecule has 4 heteroatoms. The summed E-state index contributed by atoms with van der Waals surface area (Å²) in [5.74, 6) is -3.79. The van der Waals surface area contributed by atoms with Crippen LogP contribution in [0.1, 0.15) is 19.4 Å². The molecule has 0 bridgehead atoms. The first-order chi connectivity index (χ1) is 9.47. The zero-order valence-electron chi connectivity index (χ0n) is 11.4. The van der Waals surface area contributed by atoms with Gasteiger partial charge in [0.1, 0.15) is 0 Å². The topological polar surface area (TPSA) is 12.0 Å². The normalized spacial score (nSPS) is 11.1. The minimum atomic E-state index is -1.44. The third-order valence-corrected chi connectivity index (χ3v) is 2.96. The molecule has 0 aliphatic carbocycles. The van der Waals surface area contributed by atoms with Crippen molar-refractivity contribution in [3.8, 4) is 11.1 Å². The molecule has 0 fully saturated rings. The van der Waals surface area contributed by atoms with Gasteiger partial charge in [-0.3, -0.25) is 0 Å². The third-order valence-electron chi connectivity index (χ3n) is 2.96. The van der Waals surface area contributed by atoms with E-state index in [-0.39, 0.29) is 0 Å². The molecule has 0 unspecified atom stereocenters. The highest BCUT2D eigenvalue weighted by atomic mass is 19.2. The Morgan fingerprint density at radius 1 is 0.950 bits per heavy atom. The molecule has 2 rings (SSSR count). The lowest BCUT2D eigenvalue weighted by Crippen LogP contribution is -2.21. The maximum absolute atomic E-state index is 13.3. The molecule has 2 aromatic rings. The van der Waals surface area contributed by atoms with Crippen LogP contribution in [-0.2, 0) is 6.54 Å². The summed E-state index contributed by atoms with van der Waals surface area (Å²) in [4.78, 5) is 0. The Morgan fingerprint density at radius 3 is 2.20 bits per heavy atom. The van der Waals surface area contributed by atoms with Gasteiger partial charge in [-0.1, -0.05) is 32.0 Å². The van der Waals surface area contributed by atoms with Crippen LogP contribution in [0.4, 0.5) is 13.2 Å². The highest BCUT2D eigenvalue weighted by Gasteiger charge is 2.11. The van der Waals surface area contributed by atoms with Crippen molar-refractivity contribution < 1.29 is 13.2 Å².